The van der Waals surface area contributed by atoms with E-state index in [1.165, 1.54) is 16.0 Å². The second kappa shape index (κ2) is 12.1. The Hall–Kier alpha value is -1.61. The van der Waals surface area contributed by atoms with Crippen LogP contribution < -0.4 is 10.6 Å². The molecule has 152 valence electrons. The molecule has 2 N–H and O–H groups in total. The van der Waals surface area contributed by atoms with E-state index in [4.69, 9.17) is 4.99 Å². The zero-order valence-electron chi connectivity index (χ0n) is 16.3. The Balaban J connectivity index is 0.00000280. The van der Waals surface area contributed by atoms with E-state index in [1.54, 1.807) is 11.3 Å². The van der Waals surface area contributed by atoms with Gasteiger partial charge in [0, 0.05) is 37.5 Å². The van der Waals surface area contributed by atoms with Gasteiger partial charge in [-0.1, -0.05) is 30.3 Å². The molecule has 2 aromatic rings. The molecule has 0 spiro atoms. The molecule has 1 amide bonds. The standard InChI is InChI=1S/C21H28N4OS.HI/c1-2-22-21(23-12-11-19-9-6-14-27-19)24-15-17-7-3-4-8-18(17)16-25-13-5-10-20(25)26;/h3-4,6-9,14H,2,5,10-13,15-16H2,1H3,(H2,22,23,24);1H. The van der Waals surface area contributed by atoms with Crippen molar-refractivity contribution >= 4 is 47.2 Å². The molecule has 0 bridgehead atoms. The summed E-state index contributed by atoms with van der Waals surface area (Å²) >= 11 is 1.78. The van der Waals surface area contributed by atoms with Gasteiger partial charge in [0.25, 0.3) is 0 Å². The molecular weight excluding hydrogens is 483 g/mol. The number of thiophene rings is 1. The number of amides is 1. The van der Waals surface area contributed by atoms with E-state index in [-0.39, 0.29) is 29.9 Å². The number of guanidine groups is 1. The highest BCUT2D eigenvalue weighted by molar-refractivity contribution is 14.0. The average Bonchev–Trinajstić information content (AvgIpc) is 3.33. The van der Waals surface area contributed by atoms with Crippen LogP contribution in [0.25, 0.3) is 0 Å². The Kier molecular flexibility index (Phi) is 9.77. The van der Waals surface area contributed by atoms with Gasteiger partial charge in [-0.3, -0.25) is 4.79 Å². The summed E-state index contributed by atoms with van der Waals surface area (Å²) in [5.74, 6) is 1.10. The van der Waals surface area contributed by atoms with Crippen molar-refractivity contribution in [2.75, 3.05) is 19.6 Å². The van der Waals surface area contributed by atoms with Crippen molar-refractivity contribution in [3.05, 3.63) is 57.8 Å². The second-order valence-corrected chi connectivity index (χ2v) is 7.67. The number of nitrogens with zero attached hydrogens (tertiary/aromatic N) is 2. The van der Waals surface area contributed by atoms with Gasteiger partial charge in [-0.2, -0.15) is 0 Å². The summed E-state index contributed by atoms with van der Waals surface area (Å²) in [6.45, 7) is 5.91. The first-order chi connectivity index (χ1) is 13.3. The Morgan fingerprint density at radius 3 is 2.68 bits per heavy atom. The number of carbonyl (C=O) groups excluding carboxylic acids is 1. The van der Waals surface area contributed by atoms with E-state index in [2.05, 4.69) is 47.2 Å². The third kappa shape index (κ3) is 6.77. The lowest BCUT2D eigenvalue weighted by molar-refractivity contribution is -0.128. The first-order valence-corrected chi connectivity index (χ1v) is 10.5. The molecule has 1 aliphatic heterocycles. The maximum atomic E-state index is 11.9. The predicted molar refractivity (Wildman–Crippen MR) is 127 cm³/mol. The normalized spacial score (nSPS) is 14.1. The van der Waals surface area contributed by atoms with Crippen molar-refractivity contribution in [3.63, 3.8) is 0 Å². The first-order valence-electron chi connectivity index (χ1n) is 9.65. The maximum absolute atomic E-state index is 11.9. The van der Waals surface area contributed by atoms with Crippen LogP contribution in [0.15, 0.2) is 46.8 Å². The van der Waals surface area contributed by atoms with E-state index < -0.39 is 0 Å². The molecular formula is C21H29IN4OS. The van der Waals surface area contributed by atoms with Gasteiger partial charge in [0.05, 0.1) is 6.54 Å². The molecule has 1 aromatic carbocycles. The van der Waals surface area contributed by atoms with Gasteiger partial charge in [0.15, 0.2) is 5.96 Å². The van der Waals surface area contributed by atoms with Gasteiger partial charge in [-0.25, -0.2) is 4.99 Å². The zero-order valence-corrected chi connectivity index (χ0v) is 19.5. The molecule has 1 aliphatic rings. The number of likely N-dealkylation sites (tertiary alicyclic amines) is 1. The largest absolute Gasteiger partial charge is 0.357 e. The van der Waals surface area contributed by atoms with Gasteiger partial charge < -0.3 is 15.5 Å². The molecule has 3 rings (SSSR count). The van der Waals surface area contributed by atoms with Crippen LogP contribution >= 0.6 is 35.3 Å². The molecule has 0 aliphatic carbocycles. The molecule has 0 unspecified atom stereocenters. The Bertz CT molecular complexity index is 764. The third-order valence-electron chi connectivity index (χ3n) is 4.65. The minimum Gasteiger partial charge on any atom is -0.357 e. The Labute approximate surface area is 188 Å². The molecule has 1 aromatic heterocycles. The van der Waals surface area contributed by atoms with E-state index in [1.807, 2.05) is 17.0 Å². The Morgan fingerprint density at radius 1 is 1.18 bits per heavy atom. The van der Waals surface area contributed by atoms with Crippen LogP contribution in [0, 0.1) is 0 Å². The molecule has 0 saturated carbocycles. The fraction of sp³-hybridized carbons (Fsp3) is 0.429. The number of hydrogen-bond acceptors (Lipinski definition) is 3. The third-order valence-corrected chi connectivity index (χ3v) is 5.58. The lowest BCUT2D eigenvalue weighted by Gasteiger charge is -2.18. The number of carbonyl (C=O) groups is 1. The van der Waals surface area contributed by atoms with E-state index in [9.17, 15) is 4.79 Å². The van der Waals surface area contributed by atoms with Crippen LogP contribution in [0.3, 0.4) is 0 Å². The van der Waals surface area contributed by atoms with Gasteiger partial charge >= 0.3 is 0 Å². The SMILES string of the molecule is CCNC(=NCc1ccccc1CN1CCCC1=O)NCCc1cccs1.I. The number of aliphatic imine (C=N–C) groups is 1. The Morgan fingerprint density at radius 2 is 2.00 bits per heavy atom. The van der Waals surface area contributed by atoms with Crippen molar-refractivity contribution in [1.29, 1.82) is 0 Å². The van der Waals surface area contributed by atoms with Gasteiger partial charge in [-0.05, 0) is 42.3 Å². The molecule has 0 atom stereocenters. The lowest BCUT2D eigenvalue weighted by atomic mass is 10.1. The smallest absolute Gasteiger partial charge is 0.222 e. The summed E-state index contributed by atoms with van der Waals surface area (Å²) in [5, 5.41) is 8.83. The average molecular weight is 512 g/mol. The number of benzene rings is 1. The molecule has 5 nitrogen and oxygen atoms in total. The minimum absolute atomic E-state index is 0. The van der Waals surface area contributed by atoms with Gasteiger partial charge in [-0.15, -0.1) is 35.3 Å². The van der Waals surface area contributed by atoms with Crippen LogP contribution in [0.5, 0.6) is 0 Å². The maximum Gasteiger partial charge on any atom is 0.222 e. The molecule has 28 heavy (non-hydrogen) atoms. The lowest BCUT2D eigenvalue weighted by Crippen LogP contribution is -2.38. The summed E-state index contributed by atoms with van der Waals surface area (Å²) in [6.07, 6.45) is 2.65. The van der Waals surface area contributed by atoms with E-state index >= 15 is 0 Å². The van der Waals surface area contributed by atoms with Crippen LogP contribution in [0.2, 0.25) is 0 Å². The number of rotatable bonds is 8. The highest BCUT2D eigenvalue weighted by atomic mass is 127. The van der Waals surface area contributed by atoms with Crippen molar-refractivity contribution in [2.24, 2.45) is 4.99 Å². The molecule has 1 saturated heterocycles. The number of halogens is 1. The fourth-order valence-electron chi connectivity index (χ4n) is 3.21. The van der Waals surface area contributed by atoms with Crippen LogP contribution in [0.4, 0.5) is 0 Å². The summed E-state index contributed by atoms with van der Waals surface area (Å²) in [5.41, 5.74) is 2.36. The predicted octanol–water partition coefficient (Wildman–Crippen LogP) is 3.79. The van der Waals surface area contributed by atoms with Crippen molar-refractivity contribution < 1.29 is 4.79 Å². The minimum atomic E-state index is 0. The summed E-state index contributed by atoms with van der Waals surface area (Å²) in [6, 6.07) is 12.5. The van der Waals surface area contributed by atoms with E-state index in [0.717, 1.165) is 38.4 Å². The first kappa shape index (κ1) is 22.7. The highest BCUT2D eigenvalue weighted by Crippen LogP contribution is 2.17. The molecule has 2 heterocycles. The molecule has 7 heteroatoms. The quantitative estimate of drug-likeness (QED) is 0.322. The fourth-order valence-corrected chi connectivity index (χ4v) is 3.92. The number of nitrogens with one attached hydrogen (secondary N) is 2. The summed E-state index contributed by atoms with van der Waals surface area (Å²) in [7, 11) is 0. The van der Waals surface area contributed by atoms with E-state index in [0.29, 0.717) is 19.5 Å². The summed E-state index contributed by atoms with van der Waals surface area (Å²) in [4.78, 5) is 20.0. The van der Waals surface area contributed by atoms with Crippen LogP contribution in [0.1, 0.15) is 35.8 Å². The zero-order chi connectivity index (χ0) is 18.9. The monoisotopic (exact) mass is 512 g/mol. The van der Waals surface area contributed by atoms with Crippen molar-refractivity contribution in [1.82, 2.24) is 15.5 Å². The van der Waals surface area contributed by atoms with Gasteiger partial charge in [0.1, 0.15) is 0 Å². The molecule has 0 radical (unpaired) electrons. The van der Waals surface area contributed by atoms with Crippen molar-refractivity contribution in [3.8, 4) is 0 Å². The number of hydrogen-bond donors (Lipinski definition) is 2. The highest BCUT2D eigenvalue weighted by Gasteiger charge is 2.20. The second-order valence-electron chi connectivity index (χ2n) is 6.64. The van der Waals surface area contributed by atoms with Crippen LogP contribution in [-0.4, -0.2) is 36.4 Å². The topological polar surface area (TPSA) is 56.7 Å². The van der Waals surface area contributed by atoms with Crippen LogP contribution in [-0.2, 0) is 24.3 Å². The molecule has 1 fully saturated rings. The van der Waals surface area contributed by atoms with Gasteiger partial charge in [0.2, 0.25) is 5.91 Å². The summed E-state index contributed by atoms with van der Waals surface area (Å²) < 4.78 is 0. The van der Waals surface area contributed by atoms with Crippen molar-refractivity contribution in [2.45, 2.75) is 39.3 Å².